The number of nitrogens with zero attached hydrogens (tertiary/aromatic N) is 2. The average molecular weight is 781 g/mol. The maximum atomic E-state index is 14.9. The molecular weight excluding hydrogens is 730 g/mol. The molecule has 3 aliphatic heterocycles. The lowest BCUT2D eigenvalue weighted by molar-refractivity contribution is -0.162. The van der Waals surface area contributed by atoms with Crippen LogP contribution in [0.2, 0.25) is 0 Å². The monoisotopic (exact) mass is 779 g/mol. The molecule has 11 nitrogen and oxygen atoms in total. The lowest BCUT2D eigenvalue weighted by atomic mass is 9.70. The van der Waals surface area contributed by atoms with E-state index in [1.54, 1.807) is 60.3 Å². The molecule has 0 aromatic heterocycles. The van der Waals surface area contributed by atoms with Crippen molar-refractivity contribution in [3.05, 3.63) is 85.5 Å². The number of hydrogen-bond acceptors (Lipinski definition) is 8. The first-order chi connectivity index (χ1) is 25.1. The van der Waals surface area contributed by atoms with Gasteiger partial charge >= 0.3 is 5.97 Å². The van der Waals surface area contributed by atoms with Gasteiger partial charge in [-0.15, -0.1) is 13.2 Å². The number of carbonyl (C=O) groups excluding carboxylic acids is 4. The molecule has 5 rings (SSSR count). The number of anilines is 1. The number of amides is 3. The van der Waals surface area contributed by atoms with Crippen molar-refractivity contribution in [1.29, 1.82) is 0 Å². The van der Waals surface area contributed by atoms with Crippen LogP contribution < -0.4 is 15.0 Å². The fraction of sp³-hybridized carbons (Fsp3) is 0.500. The minimum absolute atomic E-state index is 0.0834. The van der Waals surface area contributed by atoms with Gasteiger partial charge < -0.3 is 34.4 Å². The minimum atomic E-state index is -1.29. The number of unbranched alkanes of at least 4 members (excludes halogenated alkanes) is 3. The molecule has 3 aliphatic rings. The van der Waals surface area contributed by atoms with Gasteiger partial charge in [0.25, 0.3) is 5.91 Å². The van der Waals surface area contributed by atoms with Crippen molar-refractivity contribution >= 4 is 45.3 Å². The van der Waals surface area contributed by atoms with Gasteiger partial charge in [-0.25, -0.2) is 0 Å². The van der Waals surface area contributed by atoms with Crippen LogP contribution in [-0.4, -0.2) is 89.1 Å². The summed E-state index contributed by atoms with van der Waals surface area (Å²) in [4.78, 5) is 59.6. The van der Waals surface area contributed by atoms with Crippen LogP contribution >= 0.6 is 15.9 Å². The lowest BCUT2D eigenvalue weighted by Gasteiger charge is -2.37. The number of esters is 1. The Morgan fingerprint density at radius 3 is 2.46 bits per heavy atom. The van der Waals surface area contributed by atoms with E-state index >= 15 is 0 Å². The number of hydrogen-bond donors (Lipinski definition) is 2. The Balaban J connectivity index is 1.49. The zero-order valence-corrected chi connectivity index (χ0v) is 31.5. The highest BCUT2D eigenvalue weighted by Crippen LogP contribution is 2.60. The molecule has 3 heterocycles. The highest BCUT2D eigenvalue weighted by molar-refractivity contribution is 9.09. The minimum Gasteiger partial charge on any atom is -0.497 e. The third-order valence-corrected chi connectivity index (χ3v) is 11.2. The highest BCUT2D eigenvalue weighted by atomic mass is 79.9. The molecule has 8 atom stereocenters. The number of carbonyl (C=O) groups is 4. The predicted octanol–water partition coefficient (Wildman–Crippen LogP) is 5.27. The first kappa shape index (κ1) is 39.2. The number of rotatable bonds is 19. The lowest BCUT2D eigenvalue weighted by Crippen LogP contribution is -2.57. The summed E-state index contributed by atoms with van der Waals surface area (Å²) in [5.74, 6) is -2.79. The number of allylic oxidation sites excluding steroid dienone is 1. The molecule has 52 heavy (non-hydrogen) atoms. The molecule has 280 valence electrons. The molecule has 12 heteroatoms. The zero-order valence-electron chi connectivity index (χ0n) is 30.0. The normalized spacial score (nSPS) is 25.6. The number of alkyl halides is 1. The Morgan fingerprint density at radius 1 is 1.10 bits per heavy atom. The quantitative estimate of drug-likeness (QED) is 0.0853. The number of halogens is 1. The Hall–Kier alpha value is -4.00. The number of methoxy groups -OCH3 is 1. The number of ether oxygens (including phenoxy) is 3. The number of nitrogens with one attached hydrogen (secondary N) is 1. The summed E-state index contributed by atoms with van der Waals surface area (Å²) in [7, 11) is 1.57. The summed E-state index contributed by atoms with van der Waals surface area (Å²) < 4.78 is 18.4. The number of fused-ring (bicyclic) bond motifs is 1. The topological polar surface area (TPSA) is 135 Å². The van der Waals surface area contributed by atoms with Crippen molar-refractivity contribution in [2.75, 3.05) is 31.7 Å². The molecule has 0 aliphatic carbocycles. The molecular formula is C40H50BrN3O8. The SMILES string of the molecule is C=CCCC(=O)N[C@H](C)[C@@H](OC(=O)[C@@H]1[C@H]2O[C@@]3(CC2Br)[C@H](C(=O)N(CC=C)c2ccc(OC)cc2)N(CCCCCCO)C(=O)[C@@H]13)c1ccccc1. The maximum Gasteiger partial charge on any atom is 0.313 e. The molecule has 3 saturated heterocycles. The van der Waals surface area contributed by atoms with Crippen LogP contribution in [-0.2, 0) is 28.7 Å². The van der Waals surface area contributed by atoms with Crippen LogP contribution in [0.1, 0.15) is 63.5 Å². The smallest absolute Gasteiger partial charge is 0.313 e. The first-order valence-electron chi connectivity index (χ1n) is 18.1. The summed E-state index contributed by atoms with van der Waals surface area (Å²) in [6.45, 7) is 9.91. The van der Waals surface area contributed by atoms with E-state index in [1.807, 2.05) is 30.3 Å². The number of aliphatic hydroxyl groups is 1. The van der Waals surface area contributed by atoms with Gasteiger partial charge in [0.2, 0.25) is 11.8 Å². The number of aliphatic hydroxyl groups excluding tert-OH is 1. The average Bonchev–Trinajstić information content (AvgIpc) is 3.74. The largest absolute Gasteiger partial charge is 0.497 e. The fourth-order valence-corrected chi connectivity index (χ4v) is 8.91. The molecule has 2 bridgehead atoms. The van der Waals surface area contributed by atoms with E-state index in [9.17, 15) is 24.3 Å². The van der Waals surface area contributed by atoms with Crippen LogP contribution in [0.4, 0.5) is 5.69 Å². The third kappa shape index (κ3) is 7.99. The fourth-order valence-electron chi connectivity index (χ4n) is 7.97. The molecule has 3 amide bonds. The van der Waals surface area contributed by atoms with Crippen LogP contribution in [0.3, 0.4) is 0 Å². The van der Waals surface area contributed by atoms with Gasteiger partial charge in [-0.05, 0) is 62.4 Å². The second kappa shape index (κ2) is 17.7. The molecule has 2 aromatic rings. The van der Waals surface area contributed by atoms with Crippen molar-refractivity contribution in [2.24, 2.45) is 11.8 Å². The van der Waals surface area contributed by atoms with Gasteiger partial charge in [-0.3, -0.25) is 19.2 Å². The van der Waals surface area contributed by atoms with Crippen LogP contribution in [0, 0.1) is 11.8 Å². The third-order valence-electron chi connectivity index (χ3n) is 10.4. The van der Waals surface area contributed by atoms with E-state index in [-0.39, 0.29) is 48.7 Å². The van der Waals surface area contributed by atoms with E-state index in [1.165, 1.54) is 0 Å². The van der Waals surface area contributed by atoms with E-state index in [0.717, 1.165) is 12.8 Å². The first-order valence-corrected chi connectivity index (χ1v) is 19.0. The van der Waals surface area contributed by atoms with Gasteiger partial charge in [-0.1, -0.05) is 71.3 Å². The molecule has 0 radical (unpaired) electrons. The molecule has 2 N–H and O–H groups in total. The van der Waals surface area contributed by atoms with Crippen molar-refractivity contribution in [3.8, 4) is 5.75 Å². The Bertz CT molecular complexity index is 1590. The molecule has 3 fully saturated rings. The van der Waals surface area contributed by atoms with Gasteiger partial charge in [-0.2, -0.15) is 0 Å². The van der Waals surface area contributed by atoms with Crippen LogP contribution in [0.5, 0.6) is 5.75 Å². The van der Waals surface area contributed by atoms with E-state index < -0.39 is 47.7 Å². The summed E-state index contributed by atoms with van der Waals surface area (Å²) in [6.07, 6.45) is 5.63. The summed E-state index contributed by atoms with van der Waals surface area (Å²) in [5, 5.41) is 12.3. The Labute approximate surface area is 314 Å². The Morgan fingerprint density at radius 2 is 1.81 bits per heavy atom. The van der Waals surface area contributed by atoms with Crippen molar-refractivity contribution in [2.45, 2.75) is 86.6 Å². The summed E-state index contributed by atoms with van der Waals surface area (Å²) in [6, 6.07) is 14.7. The van der Waals surface area contributed by atoms with Gasteiger partial charge in [0.05, 0.1) is 31.1 Å². The van der Waals surface area contributed by atoms with Crippen molar-refractivity contribution in [3.63, 3.8) is 0 Å². The molecule has 1 spiro atoms. The standard InChI is InChI=1S/C40H50BrN3O8/c1-5-7-17-31(46)42-26(3)34(27-15-11-10-12-16-27)51-39(49)32-33-37(47)44(23-13-8-9-14-24-45)36(40(33)25-30(41)35(32)52-40)38(48)43(22-6-2)28-18-20-29(50-4)21-19-28/h5-6,10-12,15-16,18-21,26,30,32-36,45H,1-2,7-9,13-14,17,22-25H2,3-4H3,(H,42,46)/t26-,30?,32+,33-,34-,35+,36+,40-/m1/s1. The van der Waals surface area contributed by atoms with Gasteiger partial charge in [0.15, 0.2) is 0 Å². The van der Waals surface area contributed by atoms with Crippen LogP contribution in [0.25, 0.3) is 0 Å². The van der Waals surface area contributed by atoms with E-state index in [0.29, 0.717) is 42.7 Å². The number of benzene rings is 2. The van der Waals surface area contributed by atoms with Crippen LogP contribution in [0.15, 0.2) is 79.9 Å². The molecule has 1 unspecified atom stereocenters. The molecule has 0 saturated carbocycles. The van der Waals surface area contributed by atoms with Crippen molar-refractivity contribution < 1.29 is 38.5 Å². The second-order valence-electron chi connectivity index (χ2n) is 13.7. The summed E-state index contributed by atoms with van der Waals surface area (Å²) in [5.41, 5.74) is 0.00603. The highest BCUT2D eigenvalue weighted by Gasteiger charge is 2.77. The van der Waals surface area contributed by atoms with Gasteiger partial charge in [0, 0.05) is 36.6 Å². The van der Waals surface area contributed by atoms with Gasteiger partial charge in [0.1, 0.15) is 23.5 Å². The predicted molar refractivity (Wildman–Crippen MR) is 201 cm³/mol. The zero-order chi connectivity index (χ0) is 37.4. The van der Waals surface area contributed by atoms with E-state index in [2.05, 4.69) is 34.4 Å². The summed E-state index contributed by atoms with van der Waals surface area (Å²) >= 11 is 3.75. The second-order valence-corrected chi connectivity index (χ2v) is 14.9. The van der Waals surface area contributed by atoms with Crippen molar-refractivity contribution in [1.82, 2.24) is 10.2 Å². The maximum absolute atomic E-state index is 14.9. The Kier molecular flexibility index (Phi) is 13.3. The van der Waals surface area contributed by atoms with E-state index in [4.69, 9.17) is 14.2 Å². The molecule has 2 aromatic carbocycles. The number of likely N-dealkylation sites (tertiary alicyclic amines) is 1.